The number of nitrogens with zero attached hydrogens (tertiary/aromatic N) is 4. The number of carboxylic acid groups (broad SMARTS) is 1. The maximum atomic E-state index is 11.4. The third kappa shape index (κ3) is 5.49. The van der Waals surface area contributed by atoms with Crippen LogP contribution in [0.4, 0.5) is 0 Å². The van der Waals surface area contributed by atoms with Gasteiger partial charge in [0, 0.05) is 0 Å². The van der Waals surface area contributed by atoms with E-state index in [1.807, 2.05) is 24.3 Å². The molecule has 1 N–H and O–H groups in total. The quantitative estimate of drug-likeness (QED) is 0.848. The smallest absolute Gasteiger partial charge is 0.285 e. The lowest BCUT2D eigenvalue weighted by molar-refractivity contribution is -0.138. The Morgan fingerprint density at radius 3 is 2.78 bits per heavy atom. The summed E-state index contributed by atoms with van der Waals surface area (Å²) < 4.78 is 1.66. The van der Waals surface area contributed by atoms with E-state index in [0.717, 1.165) is 17.7 Å². The van der Waals surface area contributed by atoms with Crippen LogP contribution in [0.25, 0.3) is 11.0 Å². The number of benzene rings is 1. The summed E-state index contributed by atoms with van der Waals surface area (Å²) in [6.45, 7) is 6.69. The van der Waals surface area contributed by atoms with E-state index in [1.165, 1.54) is 6.33 Å². The number of rotatable bonds is 7. The Bertz CT molecular complexity index is 632. The fraction of sp³-hybridized carbons (Fsp3) is 0.471. The first kappa shape index (κ1) is 17.1. The van der Waals surface area contributed by atoms with Crippen LogP contribution >= 0.6 is 0 Å². The monoisotopic (exact) mass is 315 g/mol. The van der Waals surface area contributed by atoms with Gasteiger partial charge in [-0.25, -0.2) is 9.67 Å². The summed E-state index contributed by atoms with van der Waals surface area (Å²) >= 11 is 0. The molecule has 1 heterocycles. The lowest BCUT2D eigenvalue weighted by Crippen LogP contribution is -2.22. The topological polar surface area (TPSA) is 82.1 Å². The third-order valence-corrected chi connectivity index (χ3v) is 3.54. The summed E-state index contributed by atoms with van der Waals surface area (Å²) in [6, 6.07) is 7.05. The fourth-order valence-corrected chi connectivity index (χ4v) is 2.22. The third-order valence-electron chi connectivity index (χ3n) is 3.54. The van der Waals surface area contributed by atoms with Crippen LogP contribution in [-0.2, 0) is 11.3 Å². The number of carbonyl (C=O) groups is 1. The zero-order valence-corrected chi connectivity index (χ0v) is 13.8. The highest BCUT2D eigenvalue weighted by Gasteiger charge is 2.14. The van der Waals surface area contributed by atoms with Crippen LogP contribution in [0, 0.1) is 5.41 Å². The van der Waals surface area contributed by atoms with Gasteiger partial charge in [-0.05, 0) is 30.0 Å². The summed E-state index contributed by atoms with van der Waals surface area (Å²) in [5.41, 5.74) is 1.95. The van der Waals surface area contributed by atoms with Gasteiger partial charge in [-0.2, -0.15) is 5.10 Å². The number of aliphatic carboxylic acids is 1. The van der Waals surface area contributed by atoms with E-state index < -0.39 is 12.0 Å². The molecule has 124 valence electrons. The molecule has 0 amide bonds. The highest BCUT2D eigenvalue weighted by Crippen LogP contribution is 2.24. The van der Waals surface area contributed by atoms with Gasteiger partial charge in [0.25, 0.3) is 5.97 Å². The Morgan fingerprint density at radius 2 is 2.17 bits per heavy atom. The largest absolute Gasteiger partial charge is 0.646 e. The Labute approximate surface area is 136 Å². The van der Waals surface area contributed by atoms with Crippen molar-refractivity contribution in [3.8, 4) is 5.69 Å². The van der Waals surface area contributed by atoms with E-state index in [1.54, 1.807) is 11.0 Å². The van der Waals surface area contributed by atoms with Gasteiger partial charge in [0.1, 0.15) is 12.7 Å². The van der Waals surface area contributed by atoms with Crippen LogP contribution in [0.5, 0.6) is 0 Å². The molecule has 0 aliphatic rings. The maximum absolute atomic E-state index is 11.4. The molecule has 1 atom stereocenters. The van der Waals surface area contributed by atoms with Crippen LogP contribution in [0.2, 0.25) is 0 Å². The first-order valence-corrected chi connectivity index (χ1v) is 7.68. The average molecular weight is 315 g/mol. The minimum absolute atomic E-state index is 0.107. The van der Waals surface area contributed by atoms with Crippen LogP contribution in [-0.4, -0.2) is 31.9 Å². The zero-order valence-electron chi connectivity index (χ0n) is 13.8. The van der Waals surface area contributed by atoms with Gasteiger partial charge in [-0.15, -0.1) is 6.54 Å². The standard InChI is InChI=1S/C17H23N4O2/c1-17(2,3)8-7-15(16(22)23)19-10-13-5-4-6-14(9-13)21-12-18-11-20-21/h4-6,9,11-12,15H,7-8,10H2,1-3H3,(H,22,23)/q-1. The second-order valence-corrected chi connectivity index (χ2v) is 6.80. The first-order valence-electron chi connectivity index (χ1n) is 7.68. The molecule has 0 aliphatic carbocycles. The molecule has 0 saturated carbocycles. The van der Waals surface area contributed by atoms with Gasteiger partial charge < -0.3 is 10.4 Å². The molecule has 6 nitrogen and oxygen atoms in total. The van der Waals surface area contributed by atoms with Gasteiger partial charge in [-0.1, -0.05) is 44.9 Å². The summed E-state index contributed by atoms with van der Waals surface area (Å²) in [6.07, 6.45) is 4.48. The molecule has 0 fully saturated rings. The minimum atomic E-state index is -0.860. The van der Waals surface area contributed by atoms with Crippen molar-refractivity contribution in [3.63, 3.8) is 0 Å². The molecule has 6 heteroatoms. The molecule has 0 aliphatic heterocycles. The molecular formula is C17H23N4O2-. The van der Waals surface area contributed by atoms with Gasteiger partial charge in [0.05, 0.1) is 5.69 Å². The Kier molecular flexibility index (Phi) is 5.50. The second kappa shape index (κ2) is 7.37. The summed E-state index contributed by atoms with van der Waals surface area (Å²) in [4.78, 5) is 15.3. The maximum Gasteiger partial charge on any atom is 0.285 e. The number of hydrogen-bond acceptors (Lipinski definition) is 3. The van der Waals surface area contributed by atoms with Crippen molar-refractivity contribution in [1.82, 2.24) is 14.8 Å². The molecule has 2 aromatic rings. The average Bonchev–Trinajstić information content (AvgIpc) is 3.00. The highest BCUT2D eigenvalue weighted by atomic mass is 16.4. The van der Waals surface area contributed by atoms with Crippen LogP contribution in [0.15, 0.2) is 36.9 Å². The van der Waals surface area contributed by atoms with E-state index in [9.17, 15) is 9.90 Å². The van der Waals surface area contributed by atoms with Crippen molar-refractivity contribution in [2.24, 2.45) is 5.41 Å². The Morgan fingerprint density at radius 1 is 1.39 bits per heavy atom. The Hall–Kier alpha value is -2.21. The van der Waals surface area contributed by atoms with Crippen molar-refractivity contribution in [2.75, 3.05) is 0 Å². The van der Waals surface area contributed by atoms with E-state index >= 15 is 0 Å². The molecule has 0 bridgehead atoms. The molecule has 0 saturated heterocycles. The summed E-state index contributed by atoms with van der Waals surface area (Å²) in [7, 11) is 0. The van der Waals surface area contributed by atoms with Gasteiger partial charge >= 0.3 is 0 Å². The van der Waals surface area contributed by atoms with Crippen LogP contribution in [0.3, 0.4) is 0 Å². The molecular weight excluding hydrogens is 292 g/mol. The molecule has 1 aromatic carbocycles. The fourth-order valence-electron chi connectivity index (χ4n) is 2.22. The zero-order chi connectivity index (χ0) is 16.9. The van der Waals surface area contributed by atoms with Gasteiger partial charge in [0.15, 0.2) is 0 Å². The number of aromatic nitrogens is 3. The SMILES string of the molecule is CC(C)(C)CCC([N-]Cc1cccc(-n2cncn2)c1)C(=O)O. The minimum Gasteiger partial charge on any atom is -0.646 e. The van der Waals surface area contributed by atoms with Crippen molar-refractivity contribution < 1.29 is 9.90 Å². The van der Waals surface area contributed by atoms with E-state index in [0.29, 0.717) is 13.0 Å². The predicted octanol–water partition coefficient (Wildman–Crippen LogP) is 3.42. The predicted molar refractivity (Wildman–Crippen MR) is 88.5 cm³/mol. The van der Waals surface area contributed by atoms with Gasteiger partial charge in [0.2, 0.25) is 0 Å². The van der Waals surface area contributed by atoms with Crippen molar-refractivity contribution in [1.29, 1.82) is 0 Å². The molecule has 1 unspecified atom stereocenters. The summed E-state index contributed by atoms with van der Waals surface area (Å²) in [5.74, 6) is -0.860. The lowest BCUT2D eigenvalue weighted by atomic mass is 9.88. The molecule has 23 heavy (non-hydrogen) atoms. The van der Waals surface area contributed by atoms with Crippen molar-refractivity contribution in [2.45, 2.75) is 46.2 Å². The second-order valence-electron chi connectivity index (χ2n) is 6.80. The normalized spacial score (nSPS) is 13.0. The molecule has 0 radical (unpaired) electrons. The van der Waals surface area contributed by atoms with Crippen molar-refractivity contribution in [3.05, 3.63) is 47.8 Å². The van der Waals surface area contributed by atoms with Crippen LogP contribution < -0.4 is 0 Å². The van der Waals surface area contributed by atoms with Crippen LogP contribution in [0.1, 0.15) is 39.2 Å². The number of hydrogen-bond donors (Lipinski definition) is 1. The van der Waals surface area contributed by atoms with E-state index in [-0.39, 0.29) is 5.41 Å². The van der Waals surface area contributed by atoms with E-state index in [2.05, 4.69) is 36.2 Å². The highest BCUT2D eigenvalue weighted by molar-refractivity contribution is 5.76. The van der Waals surface area contributed by atoms with Gasteiger partial charge in [-0.3, -0.25) is 4.79 Å². The van der Waals surface area contributed by atoms with E-state index in [4.69, 9.17) is 0 Å². The number of carboxylic acids is 1. The Balaban J connectivity index is 1.98. The van der Waals surface area contributed by atoms with Crippen molar-refractivity contribution >= 4 is 5.97 Å². The molecule has 0 spiro atoms. The molecule has 1 aromatic heterocycles. The summed E-state index contributed by atoms with van der Waals surface area (Å²) in [5, 5.41) is 17.8. The molecule has 2 rings (SSSR count). The lowest BCUT2D eigenvalue weighted by Gasteiger charge is -2.31. The first-order chi connectivity index (χ1) is 10.8.